The molecule has 18 heavy (non-hydrogen) atoms. The highest BCUT2D eigenvalue weighted by atomic mass is 16.4. The number of fused-ring (bicyclic) bond motifs is 1. The van der Waals surface area contributed by atoms with Crippen molar-refractivity contribution in [2.24, 2.45) is 5.41 Å². The molecule has 3 nitrogen and oxygen atoms in total. The topological polar surface area (TPSA) is 46.3 Å². The Labute approximate surface area is 108 Å². The van der Waals surface area contributed by atoms with Crippen molar-refractivity contribution >= 4 is 11.1 Å². The van der Waals surface area contributed by atoms with Crippen molar-refractivity contribution in [2.45, 2.75) is 46.1 Å². The highest BCUT2D eigenvalue weighted by molar-refractivity contribution is 5.72. The predicted molar refractivity (Wildman–Crippen MR) is 72.4 cm³/mol. The predicted octanol–water partition coefficient (Wildman–Crippen LogP) is 3.56. The number of hydrogen-bond acceptors (Lipinski definition) is 3. The number of aliphatic hydroxyl groups excluding tert-OH is 1. The average molecular weight is 247 g/mol. The van der Waals surface area contributed by atoms with E-state index in [0.29, 0.717) is 12.3 Å². The molecule has 0 fully saturated rings. The van der Waals surface area contributed by atoms with E-state index in [1.165, 1.54) is 0 Å². The molecule has 2 rings (SSSR count). The van der Waals surface area contributed by atoms with Crippen LogP contribution in [0.5, 0.6) is 0 Å². The maximum atomic E-state index is 9.99. The maximum Gasteiger partial charge on any atom is 0.198 e. The summed E-state index contributed by atoms with van der Waals surface area (Å²) in [6, 6.07) is 7.68. The van der Waals surface area contributed by atoms with Gasteiger partial charge in [0, 0.05) is 0 Å². The molecule has 1 atom stereocenters. The van der Waals surface area contributed by atoms with E-state index < -0.39 is 0 Å². The Morgan fingerprint density at radius 2 is 2.00 bits per heavy atom. The van der Waals surface area contributed by atoms with E-state index >= 15 is 0 Å². The minimum Gasteiger partial charge on any atom is -0.441 e. The first-order valence-electron chi connectivity index (χ1n) is 6.46. The van der Waals surface area contributed by atoms with Crippen LogP contribution in [-0.4, -0.2) is 16.2 Å². The summed E-state index contributed by atoms with van der Waals surface area (Å²) in [7, 11) is 0. The molecule has 2 aromatic rings. The van der Waals surface area contributed by atoms with Crippen molar-refractivity contribution in [1.82, 2.24) is 4.98 Å². The summed E-state index contributed by atoms with van der Waals surface area (Å²) in [5.74, 6) is 0.623. The lowest BCUT2D eigenvalue weighted by atomic mass is 9.89. The Balaban J connectivity index is 1.96. The molecule has 1 unspecified atom stereocenters. The molecule has 0 radical (unpaired) electrons. The molecule has 1 aromatic carbocycles. The number of benzene rings is 1. The normalized spacial score (nSPS) is 14.0. The lowest BCUT2D eigenvalue weighted by molar-refractivity contribution is 0.139. The molecular formula is C15H21NO2. The van der Waals surface area contributed by atoms with Crippen molar-refractivity contribution in [3.63, 3.8) is 0 Å². The summed E-state index contributed by atoms with van der Waals surface area (Å²) in [6.45, 7) is 6.54. The van der Waals surface area contributed by atoms with Crippen LogP contribution in [0.1, 0.15) is 39.5 Å². The number of aromatic nitrogens is 1. The molecule has 0 aliphatic rings. The molecule has 0 aliphatic heterocycles. The van der Waals surface area contributed by atoms with Crippen molar-refractivity contribution in [1.29, 1.82) is 0 Å². The van der Waals surface area contributed by atoms with Gasteiger partial charge >= 0.3 is 0 Å². The number of hydrogen-bond donors (Lipinski definition) is 1. The van der Waals surface area contributed by atoms with Gasteiger partial charge in [-0.2, -0.15) is 0 Å². The van der Waals surface area contributed by atoms with Gasteiger partial charge < -0.3 is 9.52 Å². The molecule has 1 aromatic heterocycles. The monoisotopic (exact) mass is 247 g/mol. The van der Waals surface area contributed by atoms with E-state index in [4.69, 9.17) is 4.42 Å². The third-order valence-electron chi connectivity index (χ3n) is 2.98. The van der Waals surface area contributed by atoms with Crippen LogP contribution in [0.4, 0.5) is 0 Å². The van der Waals surface area contributed by atoms with Crippen LogP contribution in [0, 0.1) is 5.41 Å². The molecule has 0 bridgehead atoms. The first-order chi connectivity index (χ1) is 8.44. The van der Waals surface area contributed by atoms with Crippen molar-refractivity contribution in [3.8, 4) is 0 Å². The first kappa shape index (κ1) is 13.1. The van der Waals surface area contributed by atoms with E-state index in [-0.39, 0.29) is 11.5 Å². The zero-order valence-electron chi connectivity index (χ0n) is 11.3. The van der Waals surface area contributed by atoms with E-state index in [9.17, 15) is 5.11 Å². The second-order valence-electron chi connectivity index (χ2n) is 6.03. The molecule has 0 aliphatic carbocycles. The van der Waals surface area contributed by atoms with Crippen LogP contribution < -0.4 is 0 Å². The Kier molecular flexibility index (Phi) is 3.71. The van der Waals surface area contributed by atoms with Gasteiger partial charge in [0.15, 0.2) is 11.5 Å². The highest BCUT2D eigenvalue weighted by Crippen LogP contribution is 2.23. The van der Waals surface area contributed by atoms with Gasteiger partial charge in [-0.1, -0.05) is 32.9 Å². The number of nitrogens with zero attached hydrogens (tertiary/aromatic N) is 1. The van der Waals surface area contributed by atoms with E-state index in [2.05, 4.69) is 25.8 Å². The number of para-hydroxylation sites is 2. The molecular weight excluding hydrogens is 226 g/mol. The Morgan fingerprint density at radius 1 is 1.28 bits per heavy atom. The fourth-order valence-electron chi connectivity index (χ4n) is 1.91. The van der Waals surface area contributed by atoms with Crippen LogP contribution >= 0.6 is 0 Å². The smallest absolute Gasteiger partial charge is 0.198 e. The number of oxazole rings is 1. The minimum absolute atomic E-state index is 0.252. The summed E-state index contributed by atoms with van der Waals surface area (Å²) in [5, 5.41) is 9.99. The quantitative estimate of drug-likeness (QED) is 0.898. The Hall–Kier alpha value is -1.35. The second-order valence-corrected chi connectivity index (χ2v) is 6.03. The fourth-order valence-corrected chi connectivity index (χ4v) is 1.91. The molecule has 0 spiro atoms. The largest absolute Gasteiger partial charge is 0.441 e. The van der Waals surface area contributed by atoms with Gasteiger partial charge in [0.05, 0.1) is 12.5 Å². The van der Waals surface area contributed by atoms with Gasteiger partial charge in [-0.25, -0.2) is 4.98 Å². The van der Waals surface area contributed by atoms with Gasteiger partial charge in [-0.3, -0.25) is 0 Å². The van der Waals surface area contributed by atoms with Gasteiger partial charge in [-0.05, 0) is 30.4 Å². The zero-order chi connectivity index (χ0) is 13.2. The first-order valence-corrected chi connectivity index (χ1v) is 6.46. The lowest BCUT2D eigenvalue weighted by Crippen LogP contribution is -2.15. The third-order valence-corrected chi connectivity index (χ3v) is 2.98. The lowest BCUT2D eigenvalue weighted by Gasteiger charge is -2.19. The van der Waals surface area contributed by atoms with Gasteiger partial charge in [0.1, 0.15) is 5.52 Å². The van der Waals surface area contributed by atoms with Gasteiger partial charge in [-0.15, -0.1) is 0 Å². The molecule has 0 saturated carbocycles. The molecule has 1 heterocycles. The summed E-state index contributed by atoms with van der Waals surface area (Å²) in [4.78, 5) is 4.37. The summed E-state index contributed by atoms with van der Waals surface area (Å²) in [6.07, 6.45) is 1.89. The average Bonchev–Trinajstić information content (AvgIpc) is 2.67. The molecule has 3 heteroatoms. The number of rotatable bonds is 4. The van der Waals surface area contributed by atoms with E-state index in [0.717, 1.165) is 23.9 Å². The second kappa shape index (κ2) is 5.11. The molecule has 0 amide bonds. The van der Waals surface area contributed by atoms with Crippen LogP contribution in [0.2, 0.25) is 0 Å². The van der Waals surface area contributed by atoms with Crippen LogP contribution in [-0.2, 0) is 6.42 Å². The van der Waals surface area contributed by atoms with Crippen molar-refractivity contribution < 1.29 is 9.52 Å². The van der Waals surface area contributed by atoms with Crippen LogP contribution in [0.15, 0.2) is 28.7 Å². The van der Waals surface area contributed by atoms with Crippen LogP contribution in [0.25, 0.3) is 11.1 Å². The third kappa shape index (κ3) is 3.57. The summed E-state index contributed by atoms with van der Waals surface area (Å²) in [5.41, 5.74) is 1.90. The Morgan fingerprint density at radius 3 is 2.67 bits per heavy atom. The summed E-state index contributed by atoms with van der Waals surface area (Å²) >= 11 is 0. The van der Waals surface area contributed by atoms with E-state index in [1.54, 1.807) is 0 Å². The maximum absolute atomic E-state index is 9.99. The standard InChI is InChI=1S/C15H21NO2/c1-15(2,3)9-8-11(17)10-14-16-12-6-4-5-7-13(12)18-14/h4-7,11,17H,8-10H2,1-3H3. The molecule has 1 N–H and O–H groups in total. The minimum atomic E-state index is -0.378. The van der Waals surface area contributed by atoms with Gasteiger partial charge in [0.2, 0.25) is 0 Å². The highest BCUT2D eigenvalue weighted by Gasteiger charge is 2.16. The van der Waals surface area contributed by atoms with E-state index in [1.807, 2.05) is 24.3 Å². The SMILES string of the molecule is CC(C)(C)CCC(O)Cc1nc2ccccc2o1. The summed E-state index contributed by atoms with van der Waals surface area (Å²) < 4.78 is 5.60. The zero-order valence-corrected chi connectivity index (χ0v) is 11.3. The van der Waals surface area contributed by atoms with Crippen molar-refractivity contribution in [3.05, 3.63) is 30.2 Å². The van der Waals surface area contributed by atoms with Gasteiger partial charge in [0.25, 0.3) is 0 Å². The Bertz CT molecular complexity index is 477. The molecule has 98 valence electrons. The number of aliphatic hydroxyl groups is 1. The molecule has 0 saturated heterocycles. The fraction of sp³-hybridized carbons (Fsp3) is 0.533. The van der Waals surface area contributed by atoms with Crippen molar-refractivity contribution in [2.75, 3.05) is 0 Å². The van der Waals surface area contributed by atoms with Crippen LogP contribution in [0.3, 0.4) is 0 Å².